The molecule has 1 fully saturated rings. The summed E-state index contributed by atoms with van der Waals surface area (Å²) in [7, 11) is 0. The molecule has 0 amide bonds. The Labute approximate surface area is 155 Å². The number of hydrogen-bond acceptors (Lipinski definition) is 4. The maximum Gasteiger partial charge on any atom is 0.311 e. The minimum atomic E-state index is -0.482. The molecule has 0 radical (unpaired) electrons. The number of nitrogens with zero attached hydrogens (tertiary/aromatic N) is 3. The van der Waals surface area contributed by atoms with E-state index in [2.05, 4.69) is 4.98 Å². The van der Waals surface area contributed by atoms with Crippen LogP contribution in [-0.4, -0.2) is 23.0 Å². The largest absolute Gasteiger partial charge is 0.350 e. The zero-order valence-corrected chi connectivity index (χ0v) is 14.9. The van der Waals surface area contributed by atoms with E-state index in [-0.39, 0.29) is 11.3 Å². The predicted octanol–water partition coefficient (Wildman–Crippen LogP) is 4.82. The van der Waals surface area contributed by atoms with Crippen molar-refractivity contribution in [1.29, 1.82) is 0 Å². The van der Waals surface area contributed by atoms with E-state index in [0.717, 1.165) is 42.3 Å². The Bertz CT molecular complexity index is 915. The molecule has 1 aromatic heterocycles. The van der Waals surface area contributed by atoms with Crippen LogP contribution in [0.5, 0.6) is 0 Å². The second-order valence-corrected chi connectivity index (χ2v) is 6.39. The summed E-state index contributed by atoms with van der Waals surface area (Å²) in [6.45, 7) is 3.04. The second kappa shape index (κ2) is 8.07. The maximum absolute atomic E-state index is 13.6. The lowest BCUT2D eigenvalue weighted by atomic mass is 10.0. The number of hydrogen-bond donors (Lipinski definition) is 0. The molecule has 1 aromatic carbocycles. The van der Waals surface area contributed by atoms with Crippen LogP contribution in [-0.2, 0) is 0 Å². The van der Waals surface area contributed by atoms with E-state index >= 15 is 0 Å². The molecule has 1 aliphatic rings. The van der Waals surface area contributed by atoms with Crippen LogP contribution in [0.4, 0.5) is 20.3 Å². The average Bonchev–Trinajstić information content (AvgIpc) is 2.65. The van der Waals surface area contributed by atoms with Crippen LogP contribution in [0.25, 0.3) is 6.08 Å². The van der Waals surface area contributed by atoms with Crippen molar-refractivity contribution < 1.29 is 13.7 Å². The van der Waals surface area contributed by atoms with Gasteiger partial charge < -0.3 is 4.90 Å². The quantitative estimate of drug-likeness (QED) is 0.571. The summed E-state index contributed by atoms with van der Waals surface area (Å²) in [6.07, 6.45) is 6.58. The van der Waals surface area contributed by atoms with Crippen LogP contribution in [0, 0.1) is 28.7 Å². The molecule has 27 heavy (non-hydrogen) atoms. The first-order valence-corrected chi connectivity index (χ1v) is 8.62. The van der Waals surface area contributed by atoms with E-state index in [0.29, 0.717) is 18.9 Å². The fraction of sp³-hybridized carbons (Fsp3) is 0.250. The van der Waals surface area contributed by atoms with Crippen LogP contribution in [0.3, 0.4) is 0 Å². The van der Waals surface area contributed by atoms with Crippen molar-refractivity contribution in [1.82, 2.24) is 4.98 Å². The first-order chi connectivity index (χ1) is 12.9. The molecular formula is C20H19F2N3O2. The summed E-state index contributed by atoms with van der Waals surface area (Å²) in [5.41, 5.74) is 2.09. The van der Waals surface area contributed by atoms with Gasteiger partial charge in [0.2, 0.25) is 5.82 Å². The Hall–Kier alpha value is -3.09. The van der Waals surface area contributed by atoms with Gasteiger partial charge in [0, 0.05) is 30.4 Å². The van der Waals surface area contributed by atoms with E-state index < -0.39 is 16.6 Å². The van der Waals surface area contributed by atoms with Crippen molar-refractivity contribution in [3.05, 3.63) is 81.1 Å². The number of rotatable bonds is 4. The normalized spacial score (nSPS) is 14.6. The van der Waals surface area contributed by atoms with Crippen molar-refractivity contribution in [2.24, 2.45) is 0 Å². The number of allylic oxidation sites excluding steroid dienone is 2. The summed E-state index contributed by atoms with van der Waals surface area (Å²) < 4.78 is 26.8. The van der Waals surface area contributed by atoms with Gasteiger partial charge in [-0.05, 0) is 44.0 Å². The third kappa shape index (κ3) is 4.55. The maximum atomic E-state index is 13.6. The first kappa shape index (κ1) is 18.7. The SMILES string of the molecule is Cc1ccc([N+](=O)[O-])c(N2CCC(=CC=Cc3cc(F)ccc3F)CC2)n1. The van der Waals surface area contributed by atoms with Crippen molar-refractivity contribution in [3.63, 3.8) is 0 Å². The molecule has 0 unspecified atom stereocenters. The Morgan fingerprint density at radius 3 is 2.63 bits per heavy atom. The molecule has 0 aliphatic carbocycles. The smallest absolute Gasteiger partial charge is 0.311 e. The van der Waals surface area contributed by atoms with Gasteiger partial charge in [-0.25, -0.2) is 13.8 Å². The van der Waals surface area contributed by atoms with Gasteiger partial charge in [-0.2, -0.15) is 0 Å². The number of anilines is 1. The highest BCUT2D eigenvalue weighted by atomic mass is 19.1. The monoisotopic (exact) mass is 371 g/mol. The molecule has 0 N–H and O–H groups in total. The minimum absolute atomic E-state index is 0.00880. The van der Waals surface area contributed by atoms with Crippen LogP contribution in [0.15, 0.2) is 48.1 Å². The molecule has 1 saturated heterocycles. The summed E-state index contributed by atoms with van der Waals surface area (Å²) in [6, 6.07) is 6.45. The number of aryl methyl sites for hydroxylation is 1. The lowest BCUT2D eigenvalue weighted by Gasteiger charge is -2.29. The topological polar surface area (TPSA) is 59.3 Å². The summed E-state index contributed by atoms with van der Waals surface area (Å²) >= 11 is 0. The van der Waals surface area contributed by atoms with Crippen LogP contribution >= 0.6 is 0 Å². The van der Waals surface area contributed by atoms with Gasteiger partial charge in [-0.1, -0.05) is 23.8 Å². The van der Waals surface area contributed by atoms with Crippen LogP contribution in [0.1, 0.15) is 24.1 Å². The highest BCUT2D eigenvalue weighted by Gasteiger charge is 2.23. The summed E-state index contributed by atoms with van der Waals surface area (Å²) in [5, 5.41) is 11.2. The fourth-order valence-corrected chi connectivity index (χ4v) is 3.01. The van der Waals surface area contributed by atoms with Crippen molar-refractivity contribution in [3.8, 4) is 0 Å². The Morgan fingerprint density at radius 1 is 1.19 bits per heavy atom. The number of aromatic nitrogens is 1. The number of benzene rings is 1. The summed E-state index contributed by atoms with van der Waals surface area (Å²) in [4.78, 5) is 17.1. The van der Waals surface area contributed by atoms with Crippen molar-refractivity contribution >= 4 is 17.6 Å². The molecule has 0 atom stereocenters. The highest BCUT2D eigenvalue weighted by Crippen LogP contribution is 2.29. The number of halogens is 2. The molecule has 0 saturated carbocycles. The minimum Gasteiger partial charge on any atom is -0.350 e. The van der Waals surface area contributed by atoms with Gasteiger partial charge in [-0.15, -0.1) is 0 Å². The molecule has 1 aliphatic heterocycles. The number of nitro groups is 1. The van der Waals surface area contributed by atoms with Gasteiger partial charge in [0.1, 0.15) is 11.6 Å². The Balaban J connectivity index is 1.68. The third-order valence-electron chi connectivity index (χ3n) is 4.46. The average molecular weight is 371 g/mol. The molecule has 5 nitrogen and oxygen atoms in total. The van der Waals surface area contributed by atoms with Crippen molar-refractivity contribution in [2.75, 3.05) is 18.0 Å². The molecular weight excluding hydrogens is 352 g/mol. The van der Waals surface area contributed by atoms with Gasteiger partial charge >= 0.3 is 5.69 Å². The Kier molecular flexibility index (Phi) is 5.59. The standard InChI is InChI=1S/C20H19F2N3O2/c1-14-5-8-19(25(26)27)20(23-14)24-11-9-15(10-12-24)3-2-4-16-13-17(21)6-7-18(16)22/h2-8,13H,9-12H2,1H3. The van der Waals surface area contributed by atoms with Crippen LogP contribution in [0.2, 0.25) is 0 Å². The number of piperidine rings is 1. The van der Waals surface area contributed by atoms with Gasteiger partial charge in [-0.3, -0.25) is 10.1 Å². The van der Waals surface area contributed by atoms with Gasteiger partial charge in [0.25, 0.3) is 0 Å². The first-order valence-electron chi connectivity index (χ1n) is 8.62. The zero-order chi connectivity index (χ0) is 19.4. The molecule has 140 valence electrons. The predicted molar refractivity (Wildman–Crippen MR) is 101 cm³/mol. The summed E-state index contributed by atoms with van der Waals surface area (Å²) in [5.74, 6) is -0.556. The van der Waals surface area contributed by atoms with Gasteiger partial charge in [0.15, 0.2) is 0 Å². The highest BCUT2D eigenvalue weighted by molar-refractivity contribution is 5.59. The molecule has 2 heterocycles. The zero-order valence-electron chi connectivity index (χ0n) is 14.9. The van der Waals surface area contributed by atoms with E-state index in [4.69, 9.17) is 0 Å². The molecule has 2 aromatic rings. The van der Waals surface area contributed by atoms with E-state index in [9.17, 15) is 18.9 Å². The van der Waals surface area contributed by atoms with Gasteiger partial charge in [0.05, 0.1) is 4.92 Å². The lowest BCUT2D eigenvalue weighted by Crippen LogP contribution is -2.32. The molecule has 0 bridgehead atoms. The molecule has 7 heteroatoms. The number of pyridine rings is 1. The van der Waals surface area contributed by atoms with E-state index in [1.165, 1.54) is 12.1 Å². The Morgan fingerprint density at radius 2 is 1.93 bits per heavy atom. The molecule has 0 spiro atoms. The van der Waals surface area contributed by atoms with Crippen molar-refractivity contribution in [2.45, 2.75) is 19.8 Å². The second-order valence-electron chi connectivity index (χ2n) is 6.39. The van der Waals surface area contributed by atoms with Crippen LogP contribution < -0.4 is 4.90 Å². The lowest BCUT2D eigenvalue weighted by molar-refractivity contribution is -0.384. The third-order valence-corrected chi connectivity index (χ3v) is 4.46. The molecule has 3 rings (SSSR count). The van der Waals surface area contributed by atoms with E-state index in [1.807, 2.05) is 11.0 Å². The fourth-order valence-electron chi connectivity index (χ4n) is 3.01. The van der Waals surface area contributed by atoms with E-state index in [1.54, 1.807) is 19.1 Å².